The van der Waals surface area contributed by atoms with Crippen LogP contribution in [-0.2, 0) is 9.53 Å². The van der Waals surface area contributed by atoms with Crippen molar-refractivity contribution in [2.75, 3.05) is 61.6 Å². The summed E-state index contributed by atoms with van der Waals surface area (Å²) in [6, 6.07) is 13.1. The number of anilines is 3. The highest BCUT2D eigenvalue weighted by molar-refractivity contribution is 6.01. The molecule has 1 aliphatic heterocycles. The molecule has 0 unspecified atom stereocenters. The highest BCUT2D eigenvalue weighted by atomic mass is 16.5. The van der Waals surface area contributed by atoms with Gasteiger partial charge in [-0.2, -0.15) is 0 Å². The number of nitrogens with one attached hydrogen (secondary N) is 1. The molecule has 160 valence electrons. The Kier molecular flexibility index (Phi) is 7.13. The molecule has 2 N–H and O–H groups in total. The molecule has 0 spiro atoms. The lowest BCUT2D eigenvalue weighted by molar-refractivity contribution is -0.119. The van der Waals surface area contributed by atoms with Gasteiger partial charge in [-0.3, -0.25) is 4.79 Å². The average Bonchev–Trinajstić information content (AvgIpc) is 2.75. The monoisotopic (exact) mass is 413 g/mol. The molecular formula is C22H27N3O5. The first-order valence-electron chi connectivity index (χ1n) is 9.91. The van der Waals surface area contributed by atoms with Crippen LogP contribution >= 0.6 is 0 Å². The minimum absolute atomic E-state index is 0.0566. The van der Waals surface area contributed by atoms with E-state index < -0.39 is 11.9 Å². The molecule has 1 amide bonds. The van der Waals surface area contributed by atoms with Gasteiger partial charge in [-0.25, -0.2) is 4.79 Å². The summed E-state index contributed by atoms with van der Waals surface area (Å²) in [5.74, 6) is -0.610. The first-order valence-corrected chi connectivity index (χ1v) is 9.91. The molecule has 1 heterocycles. The number of hydrogen-bond donors (Lipinski definition) is 2. The number of para-hydroxylation sites is 2. The summed E-state index contributed by atoms with van der Waals surface area (Å²) in [7, 11) is 1.41. The molecule has 1 fully saturated rings. The number of benzene rings is 2. The first-order chi connectivity index (χ1) is 14.5. The van der Waals surface area contributed by atoms with E-state index in [1.165, 1.54) is 7.11 Å². The number of hydrogen-bond acceptors (Lipinski definition) is 6. The van der Waals surface area contributed by atoms with Gasteiger partial charge in [0, 0.05) is 39.0 Å². The van der Waals surface area contributed by atoms with Crippen LogP contribution in [0.5, 0.6) is 5.75 Å². The van der Waals surface area contributed by atoms with Crippen LogP contribution in [0.4, 0.5) is 17.1 Å². The molecular weight excluding hydrogens is 386 g/mol. The molecule has 2 aromatic rings. The number of carbonyl (C=O) groups is 2. The zero-order chi connectivity index (χ0) is 21.5. The summed E-state index contributed by atoms with van der Waals surface area (Å²) < 4.78 is 10.5. The van der Waals surface area contributed by atoms with Crippen LogP contribution < -0.4 is 19.9 Å². The molecule has 1 aliphatic rings. The Morgan fingerprint density at radius 1 is 1.07 bits per heavy atom. The zero-order valence-corrected chi connectivity index (χ0v) is 17.3. The molecule has 3 rings (SSSR count). The van der Waals surface area contributed by atoms with Gasteiger partial charge in [0.2, 0.25) is 5.91 Å². The summed E-state index contributed by atoms with van der Waals surface area (Å²) >= 11 is 0. The minimum atomic E-state index is -1.09. The van der Waals surface area contributed by atoms with Crippen molar-refractivity contribution >= 4 is 28.9 Å². The molecule has 0 bridgehead atoms. The molecule has 1 saturated heterocycles. The second-order valence-electron chi connectivity index (χ2n) is 6.89. The zero-order valence-electron chi connectivity index (χ0n) is 17.3. The van der Waals surface area contributed by atoms with Gasteiger partial charge in [0.1, 0.15) is 12.4 Å². The molecule has 8 nitrogen and oxygen atoms in total. The Hall–Kier alpha value is -3.26. The normalized spacial score (nSPS) is 13.8. The van der Waals surface area contributed by atoms with Crippen molar-refractivity contribution in [3.63, 3.8) is 0 Å². The third-order valence-electron chi connectivity index (χ3n) is 4.93. The van der Waals surface area contributed by atoms with E-state index in [2.05, 4.69) is 21.2 Å². The second-order valence-corrected chi connectivity index (χ2v) is 6.89. The number of piperazine rings is 1. The van der Waals surface area contributed by atoms with E-state index in [0.717, 1.165) is 43.3 Å². The maximum absolute atomic E-state index is 11.8. The predicted molar refractivity (Wildman–Crippen MR) is 116 cm³/mol. The average molecular weight is 413 g/mol. The fourth-order valence-corrected chi connectivity index (χ4v) is 3.53. The van der Waals surface area contributed by atoms with Crippen LogP contribution in [0.1, 0.15) is 17.3 Å². The molecule has 0 atom stereocenters. The fourth-order valence-electron chi connectivity index (χ4n) is 3.53. The number of aromatic carboxylic acids is 1. The topological polar surface area (TPSA) is 91.3 Å². The van der Waals surface area contributed by atoms with Crippen LogP contribution in [0, 0.1) is 0 Å². The number of methoxy groups -OCH3 is 1. The maximum Gasteiger partial charge on any atom is 0.337 e. The van der Waals surface area contributed by atoms with Crippen LogP contribution in [0.25, 0.3) is 0 Å². The van der Waals surface area contributed by atoms with Gasteiger partial charge in [-0.15, -0.1) is 0 Å². The molecule has 8 heteroatoms. The third-order valence-corrected chi connectivity index (χ3v) is 4.93. The Bertz CT molecular complexity index is 894. The van der Waals surface area contributed by atoms with E-state index >= 15 is 0 Å². The first kappa shape index (κ1) is 21.4. The summed E-state index contributed by atoms with van der Waals surface area (Å²) in [5.41, 5.74) is 2.20. The summed E-state index contributed by atoms with van der Waals surface area (Å²) in [6.45, 7) is 5.52. The Morgan fingerprint density at radius 2 is 1.77 bits per heavy atom. The van der Waals surface area contributed by atoms with Gasteiger partial charge in [0.15, 0.2) is 0 Å². The van der Waals surface area contributed by atoms with Crippen molar-refractivity contribution in [1.82, 2.24) is 0 Å². The van der Waals surface area contributed by atoms with E-state index in [0.29, 0.717) is 6.61 Å². The van der Waals surface area contributed by atoms with Gasteiger partial charge < -0.3 is 29.7 Å². The fraction of sp³-hybridized carbons (Fsp3) is 0.364. The number of nitrogens with zero attached hydrogens (tertiary/aromatic N) is 2. The molecule has 0 aromatic heterocycles. The summed E-state index contributed by atoms with van der Waals surface area (Å²) in [6.07, 6.45) is 0. The molecule has 0 aliphatic carbocycles. The smallest absolute Gasteiger partial charge is 0.337 e. The lowest BCUT2D eigenvalue weighted by atomic mass is 10.1. The van der Waals surface area contributed by atoms with Crippen molar-refractivity contribution in [2.45, 2.75) is 6.92 Å². The second kappa shape index (κ2) is 9.98. The van der Waals surface area contributed by atoms with E-state index in [1.54, 1.807) is 12.1 Å². The van der Waals surface area contributed by atoms with Crippen LogP contribution in [0.3, 0.4) is 0 Å². The van der Waals surface area contributed by atoms with Gasteiger partial charge >= 0.3 is 5.97 Å². The van der Waals surface area contributed by atoms with Crippen LogP contribution in [-0.4, -0.2) is 63.5 Å². The van der Waals surface area contributed by atoms with Crippen molar-refractivity contribution in [1.29, 1.82) is 0 Å². The van der Waals surface area contributed by atoms with E-state index in [4.69, 9.17) is 9.47 Å². The SMILES string of the molecule is CCOc1ccccc1N1CCN(c2ccc(NC(=O)COC)c(C(=O)O)c2)CC1. The van der Waals surface area contributed by atoms with Gasteiger partial charge in [-0.1, -0.05) is 12.1 Å². The number of carbonyl (C=O) groups excluding carboxylic acids is 1. The van der Waals surface area contributed by atoms with Crippen LogP contribution in [0.2, 0.25) is 0 Å². The molecule has 0 radical (unpaired) electrons. The van der Waals surface area contributed by atoms with E-state index in [1.807, 2.05) is 31.2 Å². The quantitative estimate of drug-likeness (QED) is 0.687. The van der Waals surface area contributed by atoms with Gasteiger partial charge in [0.25, 0.3) is 0 Å². The van der Waals surface area contributed by atoms with Crippen molar-refractivity contribution < 1.29 is 24.2 Å². The number of rotatable bonds is 8. The van der Waals surface area contributed by atoms with Crippen molar-refractivity contribution in [3.05, 3.63) is 48.0 Å². The number of ether oxygens (including phenoxy) is 2. The number of carboxylic acid groups (broad SMARTS) is 1. The summed E-state index contributed by atoms with van der Waals surface area (Å²) in [5, 5.41) is 12.2. The Balaban J connectivity index is 1.72. The maximum atomic E-state index is 11.8. The lowest BCUT2D eigenvalue weighted by Gasteiger charge is -2.38. The molecule has 2 aromatic carbocycles. The van der Waals surface area contributed by atoms with Gasteiger partial charge in [-0.05, 0) is 37.3 Å². The van der Waals surface area contributed by atoms with Crippen molar-refractivity contribution in [2.24, 2.45) is 0 Å². The largest absolute Gasteiger partial charge is 0.492 e. The third kappa shape index (κ3) is 5.01. The van der Waals surface area contributed by atoms with E-state index in [-0.39, 0.29) is 17.9 Å². The minimum Gasteiger partial charge on any atom is -0.492 e. The summed E-state index contributed by atoms with van der Waals surface area (Å²) in [4.78, 5) is 27.9. The van der Waals surface area contributed by atoms with Gasteiger partial charge in [0.05, 0.1) is 23.5 Å². The highest BCUT2D eigenvalue weighted by Crippen LogP contribution is 2.30. The highest BCUT2D eigenvalue weighted by Gasteiger charge is 2.22. The van der Waals surface area contributed by atoms with Crippen molar-refractivity contribution in [3.8, 4) is 5.75 Å². The Morgan fingerprint density at radius 3 is 2.43 bits per heavy atom. The molecule has 30 heavy (non-hydrogen) atoms. The standard InChI is InChI=1S/C22H27N3O5/c1-3-30-20-7-5-4-6-19(20)25-12-10-24(11-13-25)16-8-9-18(17(14-16)22(27)28)23-21(26)15-29-2/h4-9,14H,3,10-13,15H2,1-2H3,(H,23,26)(H,27,28). The lowest BCUT2D eigenvalue weighted by Crippen LogP contribution is -2.46. The number of carboxylic acids is 1. The number of amides is 1. The van der Waals surface area contributed by atoms with Crippen LogP contribution in [0.15, 0.2) is 42.5 Å². The Labute approximate surface area is 176 Å². The van der Waals surface area contributed by atoms with E-state index in [9.17, 15) is 14.7 Å². The predicted octanol–water partition coefficient (Wildman–Crippen LogP) is 2.70. The molecule has 0 saturated carbocycles.